The number of aryl methyl sites for hydroxylation is 1. The van der Waals surface area contributed by atoms with Crippen LogP contribution in [-0.4, -0.2) is 48.7 Å². The van der Waals surface area contributed by atoms with Crippen LogP contribution in [0.5, 0.6) is 0 Å². The number of nitrogens with zero attached hydrogens (tertiary/aromatic N) is 7. The summed E-state index contributed by atoms with van der Waals surface area (Å²) in [7, 11) is 0. The van der Waals surface area contributed by atoms with Crippen molar-refractivity contribution in [3.63, 3.8) is 0 Å². The normalized spacial score (nSPS) is 14.9. The Balaban J connectivity index is 1.53. The van der Waals surface area contributed by atoms with Gasteiger partial charge < -0.3 is 14.6 Å². The molecule has 0 spiro atoms. The molecule has 3 aromatic rings. The lowest BCUT2D eigenvalue weighted by Gasteiger charge is -2.15. The van der Waals surface area contributed by atoms with E-state index in [1.807, 2.05) is 29.8 Å². The number of pyridine rings is 1. The van der Waals surface area contributed by atoms with Crippen molar-refractivity contribution in [2.24, 2.45) is 0 Å². The summed E-state index contributed by atoms with van der Waals surface area (Å²) in [5.74, 6) is 1.17. The maximum Gasteiger partial charge on any atom is 0.416 e. The fourth-order valence-corrected chi connectivity index (χ4v) is 2.71. The van der Waals surface area contributed by atoms with E-state index in [4.69, 9.17) is 4.74 Å². The maximum atomic E-state index is 11.7. The van der Waals surface area contributed by atoms with Gasteiger partial charge >= 0.3 is 6.09 Å². The zero-order chi connectivity index (χ0) is 18.8. The molecule has 0 unspecified atom stereocenters. The van der Waals surface area contributed by atoms with Crippen molar-refractivity contribution in [2.45, 2.75) is 19.9 Å². The molecule has 3 aromatic heterocycles. The Morgan fingerprint density at radius 3 is 2.78 bits per heavy atom. The van der Waals surface area contributed by atoms with Crippen molar-refractivity contribution >= 4 is 18.0 Å². The molecule has 27 heavy (non-hydrogen) atoms. The zero-order valence-corrected chi connectivity index (χ0v) is 14.9. The van der Waals surface area contributed by atoms with Gasteiger partial charge in [-0.15, -0.1) is 0 Å². The molecule has 0 saturated carbocycles. The molecule has 4 rings (SSSR count). The van der Waals surface area contributed by atoms with Gasteiger partial charge in [-0.1, -0.05) is 0 Å². The Morgan fingerprint density at radius 2 is 2.04 bits per heavy atom. The standard InChI is InChI=1S/C17H18N8O2/c1-11(14-9-24(10-19-14)13-3-5-18-6-4-13)20-15-21-12(2)22-16(23-15)25-7-8-27-17(25)26/h3-6,9-11H,7-8H2,1-2H3,(H,20,21,22,23)/t11-/m0/s1. The summed E-state index contributed by atoms with van der Waals surface area (Å²) in [6.45, 7) is 4.46. The van der Waals surface area contributed by atoms with Gasteiger partial charge in [-0.05, 0) is 26.0 Å². The van der Waals surface area contributed by atoms with Crippen LogP contribution in [0.25, 0.3) is 5.69 Å². The van der Waals surface area contributed by atoms with Gasteiger partial charge in [-0.3, -0.25) is 4.98 Å². The fraction of sp³-hybridized carbons (Fsp3) is 0.294. The molecular formula is C17H18N8O2. The maximum absolute atomic E-state index is 11.7. The molecule has 0 bridgehead atoms. The molecule has 10 nitrogen and oxygen atoms in total. The van der Waals surface area contributed by atoms with Crippen molar-refractivity contribution in [3.8, 4) is 5.69 Å². The highest BCUT2D eigenvalue weighted by atomic mass is 16.6. The van der Waals surface area contributed by atoms with Gasteiger partial charge in [0.2, 0.25) is 11.9 Å². The van der Waals surface area contributed by atoms with Crippen LogP contribution in [0.1, 0.15) is 24.5 Å². The highest BCUT2D eigenvalue weighted by Gasteiger charge is 2.27. The first-order valence-corrected chi connectivity index (χ1v) is 8.48. The summed E-state index contributed by atoms with van der Waals surface area (Å²) in [4.78, 5) is 34.5. The van der Waals surface area contributed by atoms with Crippen molar-refractivity contribution in [1.29, 1.82) is 0 Å². The number of imidazole rings is 1. The SMILES string of the molecule is Cc1nc(N[C@@H](C)c2cn(-c3ccncc3)cn2)nc(N2CCOC2=O)n1. The third-order valence-electron chi connectivity index (χ3n) is 4.09. The summed E-state index contributed by atoms with van der Waals surface area (Å²) in [6, 6.07) is 3.66. The minimum absolute atomic E-state index is 0.145. The van der Waals surface area contributed by atoms with Crippen molar-refractivity contribution in [3.05, 3.63) is 48.6 Å². The minimum atomic E-state index is -0.448. The Labute approximate surface area is 155 Å². The van der Waals surface area contributed by atoms with Crippen LogP contribution in [0.15, 0.2) is 37.1 Å². The third-order valence-corrected chi connectivity index (χ3v) is 4.09. The number of amides is 1. The highest BCUT2D eigenvalue weighted by molar-refractivity contribution is 5.87. The number of rotatable bonds is 5. The molecule has 1 aliphatic heterocycles. The van der Waals surface area contributed by atoms with Crippen LogP contribution in [0.2, 0.25) is 0 Å². The molecule has 1 fully saturated rings. The van der Waals surface area contributed by atoms with E-state index in [0.717, 1.165) is 11.4 Å². The van der Waals surface area contributed by atoms with E-state index in [-0.39, 0.29) is 12.0 Å². The number of carbonyl (C=O) groups is 1. The second-order valence-corrected chi connectivity index (χ2v) is 6.05. The third kappa shape index (κ3) is 3.54. The van der Waals surface area contributed by atoms with E-state index in [9.17, 15) is 4.79 Å². The molecule has 1 amide bonds. The van der Waals surface area contributed by atoms with E-state index >= 15 is 0 Å². The largest absolute Gasteiger partial charge is 0.447 e. The van der Waals surface area contributed by atoms with Crippen molar-refractivity contribution in [1.82, 2.24) is 29.5 Å². The predicted molar refractivity (Wildman–Crippen MR) is 96.7 cm³/mol. The minimum Gasteiger partial charge on any atom is -0.447 e. The lowest BCUT2D eigenvalue weighted by molar-refractivity contribution is 0.181. The fourth-order valence-electron chi connectivity index (χ4n) is 2.71. The quantitative estimate of drug-likeness (QED) is 0.729. The number of aromatic nitrogens is 6. The first kappa shape index (κ1) is 16.9. The highest BCUT2D eigenvalue weighted by Crippen LogP contribution is 2.20. The molecule has 0 aliphatic carbocycles. The van der Waals surface area contributed by atoms with E-state index in [2.05, 4.69) is 30.2 Å². The van der Waals surface area contributed by atoms with E-state index < -0.39 is 6.09 Å². The average Bonchev–Trinajstić information content (AvgIpc) is 3.31. The Hall–Kier alpha value is -3.56. The molecule has 4 heterocycles. The topological polar surface area (TPSA) is 111 Å². The van der Waals surface area contributed by atoms with Gasteiger partial charge in [0.05, 0.1) is 24.6 Å². The van der Waals surface area contributed by atoms with Crippen molar-refractivity contribution < 1.29 is 9.53 Å². The predicted octanol–water partition coefficient (Wildman–Crippen LogP) is 1.89. The summed E-state index contributed by atoms with van der Waals surface area (Å²) in [5, 5.41) is 3.21. The molecule has 1 aliphatic rings. The second kappa shape index (κ2) is 6.98. The number of nitrogens with one attached hydrogen (secondary N) is 1. The van der Waals surface area contributed by atoms with Gasteiger partial charge in [0.1, 0.15) is 12.4 Å². The van der Waals surface area contributed by atoms with Crippen LogP contribution in [0.3, 0.4) is 0 Å². The van der Waals surface area contributed by atoms with Gasteiger partial charge in [0.25, 0.3) is 0 Å². The summed E-state index contributed by atoms with van der Waals surface area (Å²) >= 11 is 0. The summed E-state index contributed by atoms with van der Waals surface area (Å²) < 4.78 is 6.86. The zero-order valence-electron chi connectivity index (χ0n) is 14.9. The van der Waals surface area contributed by atoms with Gasteiger partial charge in [0, 0.05) is 24.3 Å². The van der Waals surface area contributed by atoms with Crippen LogP contribution in [0, 0.1) is 6.92 Å². The summed E-state index contributed by atoms with van der Waals surface area (Å²) in [6.07, 6.45) is 6.69. The Morgan fingerprint density at radius 1 is 1.22 bits per heavy atom. The lowest BCUT2D eigenvalue weighted by Crippen LogP contribution is -2.26. The molecular weight excluding hydrogens is 348 g/mol. The second-order valence-electron chi connectivity index (χ2n) is 6.05. The van der Waals surface area contributed by atoms with E-state index in [0.29, 0.717) is 24.9 Å². The number of hydrogen-bond donors (Lipinski definition) is 1. The molecule has 0 aromatic carbocycles. The van der Waals surface area contributed by atoms with Gasteiger partial charge in [-0.25, -0.2) is 14.7 Å². The van der Waals surface area contributed by atoms with Crippen LogP contribution in [0.4, 0.5) is 16.7 Å². The molecule has 1 atom stereocenters. The lowest BCUT2D eigenvalue weighted by atomic mass is 10.2. The molecule has 0 radical (unpaired) electrons. The van der Waals surface area contributed by atoms with Crippen molar-refractivity contribution in [2.75, 3.05) is 23.4 Å². The van der Waals surface area contributed by atoms with Crippen LogP contribution in [-0.2, 0) is 4.74 Å². The number of carbonyl (C=O) groups excluding carboxylic acids is 1. The number of cyclic esters (lactones) is 1. The molecule has 1 saturated heterocycles. The molecule has 1 N–H and O–H groups in total. The molecule has 10 heteroatoms. The first-order valence-electron chi connectivity index (χ1n) is 8.48. The first-order chi connectivity index (χ1) is 13.1. The van der Waals surface area contributed by atoms with E-state index in [1.54, 1.807) is 25.6 Å². The Bertz CT molecular complexity index is 959. The number of ether oxygens (including phenoxy) is 1. The van der Waals surface area contributed by atoms with Gasteiger partial charge in [0.15, 0.2) is 0 Å². The smallest absolute Gasteiger partial charge is 0.416 e. The average molecular weight is 366 g/mol. The van der Waals surface area contributed by atoms with Gasteiger partial charge in [-0.2, -0.15) is 15.0 Å². The molecule has 138 valence electrons. The number of hydrogen-bond acceptors (Lipinski definition) is 8. The number of anilines is 2. The van der Waals surface area contributed by atoms with Crippen LogP contribution >= 0.6 is 0 Å². The monoisotopic (exact) mass is 366 g/mol. The Kier molecular flexibility index (Phi) is 4.37. The van der Waals surface area contributed by atoms with Crippen LogP contribution < -0.4 is 10.2 Å². The van der Waals surface area contributed by atoms with E-state index in [1.165, 1.54) is 4.90 Å². The summed E-state index contributed by atoms with van der Waals surface area (Å²) in [5.41, 5.74) is 1.80.